The van der Waals surface area contributed by atoms with Crippen molar-refractivity contribution in [3.63, 3.8) is 0 Å². The van der Waals surface area contributed by atoms with E-state index in [4.69, 9.17) is 14.2 Å². The Morgan fingerprint density at radius 2 is 1.79 bits per heavy atom. The minimum atomic E-state index is -6.24. The van der Waals surface area contributed by atoms with Gasteiger partial charge >= 0.3 is 21.6 Å². The van der Waals surface area contributed by atoms with E-state index in [0.717, 1.165) is 35.0 Å². The molecule has 2 aromatic heterocycles. The second kappa shape index (κ2) is 17.8. The Labute approximate surface area is 332 Å². The maximum absolute atomic E-state index is 15.9. The summed E-state index contributed by atoms with van der Waals surface area (Å²) in [4.78, 5) is 16.4. The van der Waals surface area contributed by atoms with Crippen molar-refractivity contribution < 1.29 is 57.9 Å². The number of hydrogen-bond acceptors (Lipinski definition) is 9. The van der Waals surface area contributed by atoms with Gasteiger partial charge in [0.2, 0.25) is 0 Å². The molecule has 0 saturated carbocycles. The van der Waals surface area contributed by atoms with E-state index in [1.165, 1.54) is 35.0 Å². The summed E-state index contributed by atoms with van der Waals surface area (Å²) in [5.74, 6) is -6.67. The molecule has 0 spiro atoms. The van der Waals surface area contributed by atoms with Crippen molar-refractivity contribution >= 4 is 35.1 Å². The third-order valence-corrected chi connectivity index (χ3v) is 11.6. The molecular weight excluding hydrogens is 811 g/mol. The quantitative estimate of drug-likeness (QED) is 0.0161. The van der Waals surface area contributed by atoms with Crippen LogP contribution in [0.3, 0.4) is 0 Å². The van der Waals surface area contributed by atoms with Gasteiger partial charge in [0.15, 0.2) is 34.8 Å². The Hall–Kier alpha value is -5.14. The Balaban J connectivity index is 1.54. The van der Waals surface area contributed by atoms with Crippen LogP contribution in [0.2, 0.25) is 25.7 Å². The average Bonchev–Trinajstić information content (AvgIpc) is 3.75. The maximum Gasteiger partial charge on any atom is 0.534 e. The fourth-order valence-electron chi connectivity index (χ4n) is 5.82. The number of nitrogens with zero attached hydrogens (tertiary/aromatic N) is 4. The van der Waals surface area contributed by atoms with Gasteiger partial charge in [-0.1, -0.05) is 50.8 Å². The number of carbonyl (C=O) groups is 1. The zero-order valence-corrected chi connectivity index (χ0v) is 34.1. The number of aromatic nitrogens is 4. The van der Waals surface area contributed by atoms with Crippen molar-refractivity contribution in [1.29, 1.82) is 0 Å². The summed E-state index contributed by atoms with van der Waals surface area (Å²) < 4.78 is 136. The van der Waals surface area contributed by atoms with Crippen molar-refractivity contribution in [2.75, 3.05) is 13.2 Å². The van der Waals surface area contributed by atoms with Crippen LogP contribution in [0.25, 0.3) is 22.3 Å². The first-order chi connectivity index (χ1) is 27.2. The first kappa shape index (κ1) is 44.0. The Kier molecular flexibility index (Phi) is 13.5. The lowest BCUT2D eigenvalue weighted by Crippen LogP contribution is -2.28. The lowest BCUT2D eigenvalue weighted by atomic mass is 9.96. The molecule has 312 valence electrons. The highest BCUT2D eigenvalue weighted by Gasteiger charge is 2.49. The molecule has 0 amide bonds. The first-order valence-corrected chi connectivity index (χ1v) is 23.2. The van der Waals surface area contributed by atoms with Gasteiger partial charge < -0.3 is 23.0 Å². The van der Waals surface area contributed by atoms with Gasteiger partial charge in [-0.2, -0.15) is 26.7 Å². The number of rotatable bonds is 18. The molecule has 0 bridgehead atoms. The van der Waals surface area contributed by atoms with Crippen LogP contribution in [0, 0.1) is 17.5 Å². The number of allylic oxidation sites excluding steroid dienone is 1. The Morgan fingerprint density at radius 3 is 2.47 bits per heavy atom. The van der Waals surface area contributed by atoms with Crippen molar-refractivity contribution in [1.82, 2.24) is 19.3 Å². The van der Waals surface area contributed by atoms with E-state index in [9.17, 15) is 26.4 Å². The summed E-state index contributed by atoms with van der Waals surface area (Å²) in [5.41, 5.74) is -5.77. The number of esters is 1. The third-order valence-electron chi connectivity index (χ3n) is 8.90. The zero-order chi connectivity index (χ0) is 42.6. The Bertz CT molecular complexity index is 2410. The maximum atomic E-state index is 15.9. The predicted molar refractivity (Wildman–Crippen MR) is 206 cm³/mol. The van der Waals surface area contributed by atoms with Crippen LogP contribution in [0.4, 0.5) is 26.3 Å². The zero-order valence-electron chi connectivity index (χ0n) is 32.3. The van der Waals surface area contributed by atoms with Crippen molar-refractivity contribution in [2.24, 2.45) is 0 Å². The van der Waals surface area contributed by atoms with Crippen LogP contribution in [0.5, 0.6) is 17.2 Å². The van der Waals surface area contributed by atoms with Gasteiger partial charge in [-0.3, -0.25) is 4.79 Å². The van der Waals surface area contributed by atoms with Crippen LogP contribution in [-0.4, -0.2) is 60.5 Å². The van der Waals surface area contributed by atoms with Crippen molar-refractivity contribution in [3.8, 4) is 28.6 Å². The van der Waals surface area contributed by atoms with Crippen LogP contribution in [-0.2, 0) is 44.1 Å². The summed E-state index contributed by atoms with van der Waals surface area (Å²) >= 11 is 0. The van der Waals surface area contributed by atoms with Crippen LogP contribution >= 0.6 is 0 Å². The minimum Gasteiger partial charge on any atom is -0.466 e. The second-order valence-corrected chi connectivity index (χ2v) is 21.6. The summed E-state index contributed by atoms with van der Waals surface area (Å²) in [6.07, 6.45) is 2.83. The largest absolute Gasteiger partial charge is 0.534 e. The highest BCUT2D eigenvalue weighted by molar-refractivity contribution is 7.88. The summed E-state index contributed by atoms with van der Waals surface area (Å²) in [7, 11) is -7.62. The lowest BCUT2D eigenvalue weighted by molar-refractivity contribution is -0.143. The normalized spacial score (nSPS) is 12.8. The number of hydrogen-bond donors (Lipinski definition) is 0. The first-order valence-electron chi connectivity index (χ1n) is 18.1. The number of carbonyl (C=O) groups excluding carboxylic acids is 1. The third kappa shape index (κ3) is 10.1. The molecule has 0 N–H and O–H groups in total. The molecule has 11 nitrogen and oxygen atoms in total. The van der Waals surface area contributed by atoms with E-state index in [0.29, 0.717) is 6.61 Å². The van der Waals surface area contributed by atoms with Crippen LogP contribution in [0.15, 0.2) is 67.4 Å². The fourth-order valence-corrected chi connectivity index (χ4v) is 7.06. The van der Waals surface area contributed by atoms with E-state index in [1.807, 2.05) is 0 Å². The number of benzene rings is 3. The van der Waals surface area contributed by atoms with Crippen molar-refractivity contribution in [3.05, 3.63) is 102 Å². The molecule has 0 aliphatic rings. The van der Waals surface area contributed by atoms with Crippen LogP contribution < -0.4 is 8.92 Å². The highest BCUT2D eigenvalue weighted by atomic mass is 32.2. The van der Waals surface area contributed by atoms with Gasteiger partial charge in [-0.05, 0) is 54.8 Å². The van der Waals surface area contributed by atoms with E-state index in [2.05, 4.69) is 40.5 Å². The lowest BCUT2D eigenvalue weighted by Gasteiger charge is -2.16. The molecular formula is C39H42F6N4O7SSi. The predicted octanol–water partition coefficient (Wildman–Crippen LogP) is 9.48. The van der Waals surface area contributed by atoms with E-state index in [1.54, 1.807) is 19.9 Å². The number of aryl methyl sites for hydroxylation is 1. The van der Waals surface area contributed by atoms with E-state index in [-0.39, 0.29) is 72.2 Å². The van der Waals surface area contributed by atoms with E-state index >= 15 is 13.2 Å². The molecule has 0 saturated heterocycles. The number of alkyl halides is 3. The number of ether oxygens (including phenoxy) is 3. The van der Waals surface area contributed by atoms with Gasteiger partial charge in [-0.25, -0.2) is 22.8 Å². The molecule has 5 rings (SSSR count). The summed E-state index contributed by atoms with van der Waals surface area (Å²) in [6, 6.07) is 10.6. The SMILES string of the molecule is C=CCn1nc(C(C)c2cccc(CCC(=O)OCC)c2F)nc1-c1cc(Oc2c(F)cc3c(ccn3COCC[Si](C)(C)C)c2F)ccc1OS(=O)(=O)C(F)(F)F. The standard InChI is InChI=1S/C39H42F6N4O7SSi/c1-7-17-49-38(46-37(47-49)24(3)27-11-9-10-25(34(27)41)12-15-33(50)54-8-2)29-21-26(13-14-32(29)56-57(51,52)39(43,44)45)55-36-30(40)22-31-28(35(36)42)16-18-48(31)23-53-19-20-58(4,5)6/h7,9-11,13-14,16,18,21-22,24H,1,8,12,15,17,19-20,23H2,2-6H3. The molecule has 1 unspecified atom stereocenters. The molecule has 0 fully saturated rings. The Morgan fingerprint density at radius 1 is 1.05 bits per heavy atom. The molecule has 19 heteroatoms. The van der Waals surface area contributed by atoms with Gasteiger partial charge in [0, 0.05) is 44.7 Å². The number of halogens is 6. The smallest absolute Gasteiger partial charge is 0.466 e. The highest BCUT2D eigenvalue weighted by Crippen LogP contribution is 2.40. The summed E-state index contributed by atoms with van der Waals surface area (Å²) in [6.45, 7) is 14.0. The molecule has 0 aliphatic heterocycles. The molecule has 0 radical (unpaired) electrons. The molecule has 0 aliphatic carbocycles. The average molecular weight is 853 g/mol. The van der Waals surface area contributed by atoms with Gasteiger partial charge in [0.1, 0.15) is 18.3 Å². The minimum absolute atomic E-state index is 0.0109. The van der Waals surface area contributed by atoms with Gasteiger partial charge in [0.05, 0.1) is 24.2 Å². The topological polar surface area (TPSA) is 124 Å². The fraction of sp³-hybridized carbons (Fsp3) is 0.359. The molecule has 5 aromatic rings. The molecule has 2 heterocycles. The molecule has 1 atom stereocenters. The molecule has 58 heavy (non-hydrogen) atoms. The second-order valence-electron chi connectivity index (χ2n) is 14.4. The van der Waals surface area contributed by atoms with Gasteiger partial charge in [-0.15, -0.1) is 6.58 Å². The summed E-state index contributed by atoms with van der Waals surface area (Å²) in [5, 5.41) is 4.41. The van der Waals surface area contributed by atoms with Crippen molar-refractivity contribution in [2.45, 2.75) is 77.1 Å². The molecule has 3 aromatic carbocycles. The van der Waals surface area contributed by atoms with E-state index < -0.39 is 70.1 Å². The van der Waals surface area contributed by atoms with Gasteiger partial charge in [0.25, 0.3) is 0 Å². The van der Waals surface area contributed by atoms with Crippen LogP contribution in [0.1, 0.15) is 43.1 Å². The number of fused-ring (bicyclic) bond motifs is 1. The monoisotopic (exact) mass is 852 g/mol.